The van der Waals surface area contributed by atoms with Crippen LogP contribution in [0.4, 0.5) is 10.5 Å². The molecule has 1 aliphatic rings. The highest BCUT2D eigenvalue weighted by Gasteiger charge is 2.25. The smallest absolute Gasteiger partial charge is 0.319 e. The minimum atomic E-state index is -0.887. The fourth-order valence-electron chi connectivity index (χ4n) is 1.91. The molecule has 1 aliphatic carbocycles. The molecule has 0 aromatic heterocycles. The molecule has 7 heteroatoms. The van der Waals surface area contributed by atoms with Crippen molar-refractivity contribution in [2.75, 3.05) is 5.32 Å². The first-order valence-electron chi connectivity index (χ1n) is 5.89. The maximum Gasteiger partial charge on any atom is 0.319 e. The van der Waals surface area contributed by atoms with Gasteiger partial charge in [-0.25, -0.2) is 4.79 Å². The van der Waals surface area contributed by atoms with Crippen molar-refractivity contribution < 1.29 is 14.7 Å². The average Bonchev–Trinajstić information content (AvgIpc) is 2.81. The van der Waals surface area contributed by atoms with E-state index in [1.807, 2.05) is 0 Å². The monoisotopic (exact) mass is 358 g/mol. The summed E-state index contributed by atoms with van der Waals surface area (Å²) in [5, 5.41) is 14.6. The maximum absolute atomic E-state index is 11.8. The number of amides is 2. The number of urea groups is 1. The van der Waals surface area contributed by atoms with E-state index in [-0.39, 0.29) is 6.04 Å². The predicted molar refractivity (Wildman–Crippen MR) is 80.0 cm³/mol. The summed E-state index contributed by atoms with van der Waals surface area (Å²) in [5.41, 5.74) is 0.490. The molecule has 2 rings (SSSR count). The summed E-state index contributed by atoms with van der Waals surface area (Å²) in [6, 6.07) is 4.40. The van der Waals surface area contributed by atoms with Crippen LogP contribution in [-0.2, 0) is 4.79 Å². The van der Waals surface area contributed by atoms with Gasteiger partial charge in [-0.3, -0.25) is 4.79 Å². The second-order valence-electron chi connectivity index (χ2n) is 4.39. The van der Waals surface area contributed by atoms with Crippen molar-refractivity contribution >= 4 is 45.2 Å². The fraction of sp³-hybridized carbons (Fsp3) is 0.231. The molecule has 20 heavy (non-hydrogen) atoms. The molecule has 2 atom stereocenters. The molecule has 5 nitrogen and oxygen atoms in total. The molecule has 0 heterocycles. The Morgan fingerprint density at radius 2 is 2.10 bits per heavy atom. The number of halogens is 2. The summed E-state index contributed by atoms with van der Waals surface area (Å²) < 4.78 is 0.816. The lowest BCUT2D eigenvalue weighted by molar-refractivity contribution is -0.140. The lowest BCUT2D eigenvalue weighted by Crippen LogP contribution is -2.36. The number of nitrogens with one attached hydrogen (secondary N) is 2. The molecule has 2 amide bonds. The van der Waals surface area contributed by atoms with E-state index >= 15 is 0 Å². The van der Waals surface area contributed by atoms with Gasteiger partial charge >= 0.3 is 12.0 Å². The highest BCUT2D eigenvalue weighted by molar-refractivity contribution is 9.10. The van der Waals surface area contributed by atoms with Crippen molar-refractivity contribution in [2.24, 2.45) is 5.92 Å². The van der Waals surface area contributed by atoms with Crippen LogP contribution in [0.1, 0.15) is 6.42 Å². The molecule has 3 N–H and O–H groups in total. The molecule has 2 unspecified atom stereocenters. The number of hydrogen-bond acceptors (Lipinski definition) is 2. The first kappa shape index (κ1) is 14.9. The molecule has 0 radical (unpaired) electrons. The largest absolute Gasteiger partial charge is 0.481 e. The first-order chi connectivity index (χ1) is 9.45. The summed E-state index contributed by atoms with van der Waals surface area (Å²) in [5.74, 6) is -1.43. The number of carboxylic acid groups (broad SMARTS) is 1. The summed E-state index contributed by atoms with van der Waals surface area (Å²) in [4.78, 5) is 22.6. The van der Waals surface area contributed by atoms with Crippen molar-refractivity contribution in [2.45, 2.75) is 12.5 Å². The minimum absolute atomic E-state index is 0.287. The number of benzene rings is 1. The van der Waals surface area contributed by atoms with Crippen molar-refractivity contribution in [1.82, 2.24) is 5.32 Å². The lowest BCUT2D eigenvalue weighted by atomic mass is 10.1. The SMILES string of the molecule is O=C(Nc1ccc(Br)cc1Cl)NC1C=CC(C(=O)O)C1. The number of carboxylic acids is 1. The van der Waals surface area contributed by atoms with Crippen LogP contribution in [0.25, 0.3) is 0 Å². The van der Waals surface area contributed by atoms with Crippen LogP contribution in [0, 0.1) is 5.92 Å². The molecule has 1 aromatic carbocycles. The number of anilines is 1. The zero-order valence-electron chi connectivity index (χ0n) is 10.3. The summed E-state index contributed by atoms with van der Waals surface area (Å²) in [7, 11) is 0. The Labute approximate surface area is 129 Å². The van der Waals surface area contributed by atoms with Crippen LogP contribution in [0.15, 0.2) is 34.8 Å². The van der Waals surface area contributed by atoms with Crippen LogP contribution in [0.5, 0.6) is 0 Å². The van der Waals surface area contributed by atoms with Crippen LogP contribution in [0.2, 0.25) is 5.02 Å². The molecule has 1 aromatic rings. The van der Waals surface area contributed by atoms with Crippen molar-refractivity contribution in [3.8, 4) is 0 Å². The van der Waals surface area contributed by atoms with Gasteiger partial charge in [0.1, 0.15) is 0 Å². The van der Waals surface area contributed by atoms with Crippen LogP contribution in [-0.4, -0.2) is 23.1 Å². The van der Waals surface area contributed by atoms with Gasteiger partial charge < -0.3 is 15.7 Å². The summed E-state index contributed by atoms with van der Waals surface area (Å²) in [6.07, 6.45) is 3.62. The molecule has 106 valence electrons. The molecule has 0 spiro atoms. The van der Waals surface area contributed by atoms with E-state index in [1.165, 1.54) is 0 Å². The van der Waals surface area contributed by atoms with E-state index in [0.29, 0.717) is 17.1 Å². The molecule has 0 saturated heterocycles. The lowest BCUT2D eigenvalue weighted by Gasteiger charge is -2.14. The molecule has 0 aliphatic heterocycles. The first-order valence-corrected chi connectivity index (χ1v) is 7.06. The van der Waals surface area contributed by atoms with Gasteiger partial charge in [0.05, 0.1) is 22.7 Å². The van der Waals surface area contributed by atoms with Gasteiger partial charge in [-0.05, 0) is 24.6 Å². The molecule has 0 fully saturated rings. The van der Waals surface area contributed by atoms with Gasteiger partial charge in [-0.2, -0.15) is 0 Å². The Morgan fingerprint density at radius 1 is 1.35 bits per heavy atom. The van der Waals surface area contributed by atoms with E-state index < -0.39 is 17.9 Å². The standard InChI is InChI=1S/C13H12BrClN2O3/c14-8-2-4-11(10(15)6-8)17-13(20)16-9-3-1-7(5-9)12(18)19/h1-4,6-7,9H,5H2,(H,18,19)(H2,16,17,20). The van der Waals surface area contributed by atoms with Gasteiger partial charge in [0.25, 0.3) is 0 Å². The second kappa shape index (κ2) is 6.28. The van der Waals surface area contributed by atoms with Gasteiger partial charge in [-0.15, -0.1) is 0 Å². The van der Waals surface area contributed by atoms with Crippen LogP contribution >= 0.6 is 27.5 Å². The molecular weight excluding hydrogens is 348 g/mol. The topological polar surface area (TPSA) is 78.4 Å². The normalized spacial score (nSPS) is 20.7. The van der Waals surface area contributed by atoms with Crippen LogP contribution in [0.3, 0.4) is 0 Å². The van der Waals surface area contributed by atoms with Gasteiger partial charge in [0.15, 0.2) is 0 Å². The van der Waals surface area contributed by atoms with E-state index in [4.69, 9.17) is 16.7 Å². The van der Waals surface area contributed by atoms with E-state index in [0.717, 1.165) is 4.47 Å². The third-order valence-electron chi connectivity index (χ3n) is 2.90. The second-order valence-corrected chi connectivity index (χ2v) is 5.72. The fourth-order valence-corrected chi connectivity index (χ4v) is 2.63. The Balaban J connectivity index is 1.90. The summed E-state index contributed by atoms with van der Waals surface area (Å²) in [6.45, 7) is 0. The summed E-state index contributed by atoms with van der Waals surface area (Å²) >= 11 is 9.27. The zero-order valence-corrected chi connectivity index (χ0v) is 12.6. The quantitative estimate of drug-likeness (QED) is 0.725. The maximum atomic E-state index is 11.8. The number of hydrogen-bond donors (Lipinski definition) is 3. The predicted octanol–water partition coefficient (Wildman–Crippen LogP) is 3.25. The Hall–Kier alpha value is -1.53. The van der Waals surface area contributed by atoms with Crippen molar-refractivity contribution in [3.63, 3.8) is 0 Å². The minimum Gasteiger partial charge on any atom is -0.481 e. The van der Waals surface area contributed by atoms with Gasteiger partial charge in [0.2, 0.25) is 0 Å². The van der Waals surface area contributed by atoms with E-state index in [1.54, 1.807) is 30.4 Å². The van der Waals surface area contributed by atoms with E-state index in [2.05, 4.69) is 26.6 Å². The number of carbonyl (C=O) groups excluding carboxylic acids is 1. The third kappa shape index (κ3) is 3.74. The Bertz CT molecular complexity index is 577. The third-order valence-corrected chi connectivity index (χ3v) is 3.70. The Morgan fingerprint density at radius 3 is 2.70 bits per heavy atom. The highest BCUT2D eigenvalue weighted by atomic mass is 79.9. The highest BCUT2D eigenvalue weighted by Crippen LogP contribution is 2.25. The number of carbonyl (C=O) groups is 2. The van der Waals surface area contributed by atoms with Crippen LogP contribution < -0.4 is 10.6 Å². The Kier molecular flexibility index (Phi) is 4.67. The van der Waals surface area contributed by atoms with Crippen molar-refractivity contribution in [1.29, 1.82) is 0 Å². The number of rotatable bonds is 3. The van der Waals surface area contributed by atoms with Gasteiger partial charge in [0, 0.05) is 4.47 Å². The van der Waals surface area contributed by atoms with E-state index in [9.17, 15) is 9.59 Å². The zero-order chi connectivity index (χ0) is 14.7. The van der Waals surface area contributed by atoms with Gasteiger partial charge in [-0.1, -0.05) is 39.7 Å². The average molecular weight is 360 g/mol. The molecule has 0 saturated carbocycles. The number of aliphatic carboxylic acids is 1. The van der Waals surface area contributed by atoms with Crippen molar-refractivity contribution in [3.05, 3.63) is 39.8 Å². The molecule has 0 bridgehead atoms. The molecular formula is C13H12BrClN2O3.